The van der Waals surface area contributed by atoms with Gasteiger partial charge in [0.15, 0.2) is 5.78 Å². The number of aromatic hydroxyl groups is 1. The SMILES string of the molecule is Cc1ccc(C)c(C(=O)c2ccccc2C(=O)O)c1O. The maximum Gasteiger partial charge on any atom is 0.336 e. The molecule has 0 aliphatic rings. The number of ketones is 1. The highest BCUT2D eigenvalue weighted by atomic mass is 16.4. The van der Waals surface area contributed by atoms with Crippen LogP contribution in [0.25, 0.3) is 0 Å². The van der Waals surface area contributed by atoms with Crippen LogP contribution in [0.2, 0.25) is 0 Å². The topological polar surface area (TPSA) is 74.6 Å². The smallest absolute Gasteiger partial charge is 0.336 e. The second-order valence-electron chi connectivity index (χ2n) is 4.60. The number of hydrogen-bond acceptors (Lipinski definition) is 3. The number of phenols is 1. The number of carboxylic acids is 1. The molecule has 102 valence electrons. The Hall–Kier alpha value is -2.62. The summed E-state index contributed by atoms with van der Waals surface area (Å²) < 4.78 is 0. The van der Waals surface area contributed by atoms with E-state index in [2.05, 4.69) is 0 Å². The summed E-state index contributed by atoms with van der Waals surface area (Å²) in [6, 6.07) is 9.42. The van der Waals surface area contributed by atoms with Crippen LogP contribution < -0.4 is 0 Å². The lowest BCUT2D eigenvalue weighted by Gasteiger charge is -2.11. The minimum atomic E-state index is -1.17. The molecule has 2 N–H and O–H groups in total. The van der Waals surface area contributed by atoms with Crippen LogP contribution in [0.5, 0.6) is 5.75 Å². The molecule has 2 aromatic carbocycles. The summed E-state index contributed by atoms with van der Waals surface area (Å²) in [6.45, 7) is 3.39. The number of hydrogen-bond donors (Lipinski definition) is 2. The van der Waals surface area contributed by atoms with E-state index in [4.69, 9.17) is 5.11 Å². The van der Waals surface area contributed by atoms with Crippen molar-refractivity contribution < 1.29 is 19.8 Å². The van der Waals surface area contributed by atoms with Crippen LogP contribution in [0, 0.1) is 13.8 Å². The van der Waals surface area contributed by atoms with Gasteiger partial charge >= 0.3 is 5.97 Å². The number of aromatic carboxylic acids is 1. The molecule has 20 heavy (non-hydrogen) atoms. The van der Waals surface area contributed by atoms with E-state index < -0.39 is 11.8 Å². The highest BCUT2D eigenvalue weighted by Gasteiger charge is 2.22. The fraction of sp³-hybridized carbons (Fsp3) is 0.125. The molecule has 4 nitrogen and oxygen atoms in total. The van der Waals surface area contributed by atoms with Gasteiger partial charge in [-0.1, -0.05) is 30.3 Å². The third-order valence-corrected chi connectivity index (χ3v) is 3.22. The minimum Gasteiger partial charge on any atom is -0.507 e. The molecule has 2 rings (SSSR count). The van der Waals surface area contributed by atoms with Crippen molar-refractivity contribution in [2.45, 2.75) is 13.8 Å². The van der Waals surface area contributed by atoms with E-state index in [1.54, 1.807) is 38.1 Å². The van der Waals surface area contributed by atoms with Crippen LogP contribution in [0.1, 0.15) is 37.4 Å². The molecule has 0 atom stereocenters. The van der Waals surface area contributed by atoms with Crippen LogP contribution in [0.15, 0.2) is 36.4 Å². The first kappa shape index (κ1) is 13.8. The fourth-order valence-corrected chi connectivity index (χ4v) is 2.09. The zero-order valence-electron chi connectivity index (χ0n) is 11.2. The van der Waals surface area contributed by atoms with Gasteiger partial charge in [-0.2, -0.15) is 0 Å². The van der Waals surface area contributed by atoms with Gasteiger partial charge in [0.25, 0.3) is 0 Å². The Kier molecular flexibility index (Phi) is 3.57. The number of benzene rings is 2. The number of carbonyl (C=O) groups excluding carboxylic acids is 1. The highest BCUT2D eigenvalue weighted by Crippen LogP contribution is 2.28. The number of carbonyl (C=O) groups is 2. The van der Waals surface area contributed by atoms with Gasteiger partial charge in [0, 0.05) is 5.56 Å². The summed E-state index contributed by atoms with van der Waals surface area (Å²) in [4.78, 5) is 23.7. The summed E-state index contributed by atoms with van der Waals surface area (Å²) in [5.74, 6) is -1.75. The Morgan fingerprint density at radius 1 is 0.900 bits per heavy atom. The largest absolute Gasteiger partial charge is 0.507 e. The summed E-state index contributed by atoms with van der Waals surface area (Å²) in [7, 11) is 0. The highest BCUT2D eigenvalue weighted by molar-refractivity contribution is 6.16. The number of aryl methyl sites for hydroxylation is 2. The Balaban J connectivity index is 2.64. The molecule has 2 aromatic rings. The van der Waals surface area contributed by atoms with Gasteiger partial charge in [-0.3, -0.25) is 4.79 Å². The molecule has 0 saturated carbocycles. The molecule has 0 aromatic heterocycles. The van der Waals surface area contributed by atoms with Crippen molar-refractivity contribution in [3.8, 4) is 5.75 Å². The first-order valence-corrected chi connectivity index (χ1v) is 6.09. The van der Waals surface area contributed by atoms with Crippen LogP contribution in [0.4, 0.5) is 0 Å². The van der Waals surface area contributed by atoms with Gasteiger partial charge in [0.2, 0.25) is 0 Å². The summed E-state index contributed by atoms with van der Waals surface area (Å²) in [5, 5.41) is 19.2. The predicted molar refractivity (Wildman–Crippen MR) is 74.4 cm³/mol. The molecule has 0 saturated heterocycles. The molecular formula is C16H14O4. The molecule has 0 heterocycles. The molecule has 0 amide bonds. The first-order valence-electron chi connectivity index (χ1n) is 6.09. The number of phenolic OH excluding ortho intramolecular Hbond substituents is 1. The summed E-state index contributed by atoms with van der Waals surface area (Å²) in [5.41, 5.74) is 1.34. The van der Waals surface area contributed by atoms with Gasteiger partial charge in [-0.15, -0.1) is 0 Å². The Morgan fingerprint density at radius 3 is 2.05 bits per heavy atom. The van der Waals surface area contributed by atoms with Crippen LogP contribution in [-0.2, 0) is 0 Å². The average molecular weight is 270 g/mol. The monoisotopic (exact) mass is 270 g/mol. The molecule has 0 spiro atoms. The van der Waals surface area contributed by atoms with Gasteiger partial charge < -0.3 is 10.2 Å². The molecule has 0 radical (unpaired) electrons. The van der Waals surface area contributed by atoms with Crippen molar-refractivity contribution in [2.24, 2.45) is 0 Å². The number of rotatable bonds is 3. The maximum absolute atomic E-state index is 12.5. The molecule has 0 aliphatic heterocycles. The molecule has 0 unspecified atom stereocenters. The van der Waals surface area contributed by atoms with Crippen LogP contribution in [-0.4, -0.2) is 22.0 Å². The molecule has 0 fully saturated rings. The van der Waals surface area contributed by atoms with Crippen molar-refractivity contribution in [1.29, 1.82) is 0 Å². The molecule has 4 heteroatoms. The van der Waals surface area contributed by atoms with E-state index in [0.29, 0.717) is 11.1 Å². The zero-order valence-corrected chi connectivity index (χ0v) is 11.2. The number of carboxylic acid groups (broad SMARTS) is 1. The van der Waals surface area contributed by atoms with Crippen molar-refractivity contribution in [2.75, 3.05) is 0 Å². The van der Waals surface area contributed by atoms with E-state index in [1.165, 1.54) is 12.1 Å². The Labute approximate surface area is 116 Å². The normalized spacial score (nSPS) is 10.3. The van der Waals surface area contributed by atoms with E-state index in [-0.39, 0.29) is 22.4 Å². The molecule has 0 bridgehead atoms. The predicted octanol–water partition coefficient (Wildman–Crippen LogP) is 2.94. The van der Waals surface area contributed by atoms with Gasteiger partial charge in [0.05, 0.1) is 11.1 Å². The zero-order chi connectivity index (χ0) is 14.9. The van der Waals surface area contributed by atoms with E-state index in [9.17, 15) is 14.7 Å². The fourth-order valence-electron chi connectivity index (χ4n) is 2.09. The maximum atomic E-state index is 12.5. The van der Waals surface area contributed by atoms with E-state index in [0.717, 1.165) is 0 Å². The Morgan fingerprint density at radius 2 is 1.45 bits per heavy atom. The average Bonchev–Trinajstić information content (AvgIpc) is 2.43. The lowest BCUT2D eigenvalue weighted by molar-refractivity contribution is 0.0692. The van der Waals surface area contributed by atoms with Gasteiger partial charge in [-0.25, -0.2) is 4.79 Å². The van der Waals surface area contributed by atoms with Crippen molar-refractivity contribution in [1.82, 2.24) is 0 Å². The third-order valence-electron chi connectivity index (χ3n) is 3.22. The van der Waals surface area contributed by atoms with Crippen LogP contribution >= 0.6 is 0 Å². The lowest BCUT2D eigenvalue weighted by atomic mass is 9.93. The van der Waals surface area contributed by atoms with E-state index >= 15 is 0 Å². The molecular weight excluding hydrogens is 256 g/mol. The van der Waals surface area contributed by atoms with Crippen molar-refractivity contribution in [3.63, 3.8) is 0 Å². The van der Waals surface area contributed by atoms with Gasteiger partial charge in [-0.05, 0) is 31.0 Å². The quantitative estimate of drug-likeness (QED) is 0.841. The lowest BCUT2D eigenvalue weighted by Crippen LogP contribution is -2.11. The van der Waals surface area contributed by atoms with Crippen LogP contribution in [0.3, 0.4) is 0 Å². The van der Waals surface area contributed by atoms with Crippen molar-refractivity contribution >= 4 is 11.8 Å². The standard InChI is InChI=1S/C16H14O4/c1-9-7-8-10(2)14(17)13(9)15(18)11-5-3-4-6-12(11)16(19)20/h3-8,17H,1-2H3,(H,19,20). The second-order valence-corrected chi connectivity index (χ2v) is 4.60. The van der Waals surface area contributed by atoms with Crippen molar-refractivity contribution in [3.05, 3.63) is 64.2 Å². The Bertz CT molecular complexity index is 702. The van der Waals surface area contributed by atoms with E-state index in [1.807, 2.05) is 0 Å². The first-order chi connectivity index (χ1) is 9.43. The molecule has 0 aliphatic carbocycles. The third kappa shape index (κ3) is 2.28. The minimum absolute atomic E-state index is 0.0715. The summed E-state index contributed by atoms with van der Waals surface area (Å²) >= 11 is 0. The summed E-state index contributed by atoms with van der Waals surface area (Å²) in [6.07, 6.45) is 0. The van der Waals surface area contributed by atoms with Gasteiger partial charge in [0.1, 0.15) is 5.75 Å². The second kappa shape index (κ2) is 5.17.